The molecule has 0 atom stereocenters. The first-order chi connectivity index (χ1) is 7.75. The molecule has 1 heterocycles. The zero-order valence-corrected chi connectivity index (χ0v) is 10.7. The van der Waals surface area contributed by atoms with Crippen LogP contribution < -0.4 is 5.32 Å². The molecule has 0 aromatic heterocycles. The van der Waals surface area contributed by atoms with Gasteiger partial charge in [0.05, 0.1) is 12.4 Å². The largest absolute Gasteiger partial charge is 0.366 e. The topological polar surface area (TPSA) is 41.5 Å². The Morgan fingerprint density at radius 2 is 2.06 bits per heavy atom. The molecule has 0 saturated carbocycles. The zero-order valence-electron chi connectivity index (χ0n) is 9.90. The molecule has 3 nitrogen and oxygen atoms in total. The maximum Gasteiger partial charge on any atom is 0.181 e. The Kier molecular flexibility index (Phi) is 5.16. The lowest BCUT2D eigenvalue weighted by Gasteiger charge is -2.05. The summed E-state index contributed by atoms with van der Waals surface area (Å²) in [5.41, 5.74) is 1.93. The Balaban J connectivity index is 0.00000144. The molecule has 0 saturated heterocycles. The maximum absolute atomic E-state index is 11.8. The lowest BCUT2D eigenvalue weighted by Crippen LogP contribution is -2.28. The van der Waals surface area contributed by atoms with E-state index in [1.54, 1.807) is 0 Å². The van der Waals surface area contributed by atoms with Crippen molar-refractivity contribution in [3.8, 4) is 0 Å². The quantitative estimate of drug-likeness (QED) is 0.840. The number of carbonyl (C=O) groups excluding carboxylic acids is 1. The highest BCUT2D eigenvalue weighted by atomic mass is 35.5. The highest BCUT2D eigenvalue weighted by Gasteiger charge is 2.09. The van der Waals surface area contributed by atoms with Crippen molar-refractivity contribution in [3.05, 3.63) is 35.4 Å². The molecule has 1 aliphatic rings. The number of benzene rings is 1. The summed E-state index contributed by atoms with van der Waals surface area (Å²) in [6.07, 6.45) is 2.07. The minimum Gasteiger partial charge on any atom is -0.366 e. The standard InChI is InChI=1S/C13H16N2O.ClH/c1-10-4-6-11(7-5-10)12(16)9-15-13-3-2-8-14-13;/h4-7H,2-3,8-9H2,1H3,(H,14,15);1H. The van der Waals surface area contributed by atoms with Gasteiger partial charge in [0.25, 0.3) is 0 Å². The Morgan fingerprint density at radius 3 is 2.65 bits per heavy atom. The van der Waals surface area contributed by atoms with Gasteiger partial charge in [0.1, 0.15) is 0 Å². The highest BCUT2D eigenvalue weighted by molar-refractivity contribution is 6.00. The maximum atomic E-state index is 11.8. The molecule has 4 heteroatoms. The molecule has 1 N–H and O–H groups in total. The SMILES string of the molecule is Cc1ccc(C(=O)CNC2=NCCC2)cc1.Cl. The van der Waals surface area contributed by atoms with Gasteiger partial charge in [-0.3, -0.25) is 9.79 Å². The molecule has 1 aromatic rings. The number of rotatable bonds is 3. The third-order valence-electron chi connectivity index (χ3n) is 2.70. The lowest BCUT2D eigenvalue weighted by molar-refractivity contribution is 0.0996. The van der Waals surface area contributed by atoms with Gasteiger partial charge in [0.2, 0.25) is 0 Å². The van der Waals surface area contributed by atoms with E-state index in [0.717, 1.165) is 30.8 Å². The molecule has 0 spiro atoms. The first-order valence-electron chi connectivity index (χ1n) is 5.63. The van der Waals surface area contributed by atoms with Crippen LogP contribution in [0.15, 0.2) is 29.3 Å². The van der Waals surface area contributed by atoms with Crippen LogP contribution in [0.25, 0.3) is 0 Å². The van der Waals surface area contributed by atoms with E-state index in [1.165, 1.54) is 5.56 Å². The van der Waals surface area contributed by atoms with Gasteiger partial charge in [0.15, 0.2) is 5.78 Å². The molecule has 0 bridgehead atoms. The molecule has 1 aromatic carbocycles. The number of hydrogen-bond acceptors (Lipinski definition) is 3. The molecule has 2 rings (SSSR count). The second-order valence-electron chi connectivity index (χ2n) is 4.07. The van der Waals surface area contributed by atoms with Crippen LogP contribution in [0.4, 0.5) is 0 Å². The molecule has 1 aliphatic heterocycles. The Bertz CT molecular complexity index is 412. The van der Waals surface area contributed by atoms with Gasteiger partial charge in [-0.25, -0.2) is 0 Å². The number of ketones is 1. The molecule has 0 fully saturated rings. The Hall–Kier alpha value is -1.35. The Labute approximate surface area is 108 Å². The predicted octanol–water partition coefficient (Wildman–Crippen LogP) is 2.38. The summed E-state index contributed by atoms with van der Waals surface area (Å²) in [6, 6.07) is 7.66. The number of aliphatic imine (C=N–C) groups is 1. The molecule has 17 heavy (non-hydrogen) atoms. The first kappa shape index (κ1) is 13.7. The van der Waals surface area contributed by atoms with Crippen molar-refractivity contribution in [1.29, 1.82) is 0 Å². The number of nitrogens with zero attached hydrogens (tertiary/aromatic N) is 1. The van der Waals surface area contributed by atoms with Crippen LogP contribution in [0.5, 0.6) is 0 Å². The van der Waals surface area contributed by atoms with Gasteiger partial charge in [-0.15, -0.1) is 12.4 Å². The summed E-state index contributed by atoms with van der Waals surface area (Å²) in [6.45, 7) is 3.25. The van der Waals surface area contributed by atoms with Crippen LogP contribution in [-0.4, -0.2) is 24.7 Å². The lowest BCUT2D eigenvalue weighted by atomic mass is 10.1. The van der Waals surface area contributed by atoms with Crippen LogP contribution in [0, 0.1) is 6.92 Å². The molecular weight excluding hydrogens is 236 g/mol. The van der Waals surface area contributed by atoms with E-state index in [4.69, 9.17) is 0 Å². The van der Waals surface area contributed by atoms with Crippen molar-refractivity contribution in [1.82, 2.24) is 5.32 Å². The van der Waals surface area contributed by atoms with Crippen LogP contribution in [0.2, 0.25) is 0 Å². The van der Waals surface area contributed by atoms with Gasteiger partial charge in [-0.05, 0) is 13.3 Å². The fourth-order valence-corrected chi connectivity index (χ4v) is 1.71. The summed E-state index contributed by atoms with van der Waals surface area (Å²) in [7, 11) is 0. The van der Waals surface area contributed by atoms with E-state index >= 15 is 0 Å². The number of amidine groups is 1. The van der Waals surface area contributed by atoms with Crippen molar-refractivity contribution in [2.45, 2.75) is 19.8 Å². The van der Waals surface area contributed by atoms with Crippen LogP contribution in [-0.2, 0) is 0 Å². The van der Waals surface area contributed by atoms with Gasteiger partial charge in [-0.2, -0.15) is 0 Å². The van der Waals surface area contributed by atoms with Crippen molar-refractivity contribution in [3.63, 3.8) is 0 Å². The molecule has 0 aliphatic carbocycles. The molecule has 0 unspecified atom stereocenters. The molecule has 92 valence electrons. The van der Waals surface area contributed by atoms with Gasteiger partial charge < -0.3 is 5.32 Å². The summed E-state index contributed by atoms with van der Waals surface area (Å²) >= 11 is 0. The smallest absolute Gasteiger partial charge is 0.181 e. The van der Waals surface area contributed by atoms with Crippen molar-refractivity contribution < 1.29 is 4.79 Å². The van der Waals surface area contributed by atoms with E-state index < -0.39 is 0 Å². The third kappa shape index (κ3) is 3.86. The van der Waals surface area contributed by atoms with E-state index in [0.29, 0.717) is 6.54 Å². The number of carbonyl (C=O) groups is 1. The second kappa shape index (κ2) is 6.40. The summed E-state index contributed by atoms with van der Waals surface area (Å²) in [5, 5.41) is 3.09. The number of aryl methyl sites for hydroxylation is 1. The monoisotopic (exact) mass is 252 g/mol. The number of nitrogens with one attached hydrogen (secondary N) is 1. The van der Waals surface area contributed by atoms with Crippen molar-refractivity contribution in [2.24, 2.45) is 4.99 Å². The first-order valence-corrected chi connectivity index (χ1v) is 5.63. The fourth-order valence-electron chi connectivity index (χ4n) is 1.71. The summed E-state index contributed by atoms with van der Waals surface area (Å²) in [5.74, 6) is 1.09. The zero-order chi connectivity index (χ0) is 11.4. The molecule has 0 radical (unpaired) electrons. The van der Waals surface area contributed by atoms with E-state index in [1.807, 2.05) is 31.2 Å². The van der Waals surface area contributed by atoms with Crippen LogP contribution in [0.1, 0.15) is 28.8 Å². The molecular formula is C13H17ClN2O. The minimum atomic E-state index is 0. The third-order valence-corrected chi connectivity index (χ3v) is 2.70. The number of hydrogen-bond donors (Lipinski definition) is 1. The second-order valence-corrected chi connectivity index (χ2v) is 4.07. The van der Waals surface area contributed by atoms with Gasteiger partial charge in [0, 0.05) is 18.5 Å². The number of Topliss-reactive ketones (excluding diaryl/α,β-unsaturated/α-hetero) is 1. The predicted molar refractivity (Wildman–Crippen MR) is 72.3 cm³/mol. The summed E-state index contributed by atoms with van der Waals surface area (Å²) < 4.78 is 0. The van der Waals surface area contributed by atoms with E-state index in [-0.39, 0.29) is 18.2 Å². The average Bonchev–Trinajstić information content (AvgIpc) is 2.80. The summed E-state index contributed by atoms with van der Waals surface area (Å²) in [4.78, 5) is 16.1. The van der Waals surface area contributed by atoms with Gasteiger partial charge in [-0.1, -0.05) is 29.8 Å². The normalized spacial score (nSPS) is 13.8. The highest BCUT2D eigenvalue weighted by Crippen LogP contribution is 2.04. The van der Waals surface area contributed by atoms with Crippen LogP contribution >= 0.6 is 12.4 Å². The Morgan fingerprint density at radius 1 is 1.35 bits per heavy atom. The van der Waals surface area contributed by atoms with Crippen molar-refractivity contribution >= 4 is 24.0 Å². The number of halogens is 1. The van der Waals surface area contributed by atoms with Crippen molar-refractivity contribution in [2.75, 3.05) is 13.1 Å². The van der Waals surface area contributed by atoms with E-state index in [2.05, 4.69) is 10.3 Å². The minimum absolute atomic E-state index is 0. The molecule has 0 amide bonds. The van der Waals surface area contributed by atoms with Crippen LogP contribution in [0.3, 0.4) is 0 Å². The average molecular weight is 253 g/mol. The fraction of sp³-hybridized carbons (Fsp3) is 0.385. The van der Waals surface area contributed by atoms with Gasteiger partial charge >= 0.3 is 0 Å². The van der Waals surface area contributed by atoms with E-state index in [9.17, 15) is 4.79 Å².